The molecule has 11 heavy (non-hydrogen) atoms. The summed E-state index contributed by atoms with van der Waals surface area (Å²) >= 11 is 0. The third-order valence-corrected chi connectivity index (χ3v) is 1.70. The molecule has 0 aliphatic carbocycles. The molecule has 6 heteroatoms. The van der Waals surface area contributed by atoms with E-state index in [9.17, 15) is 4.57 Å². The molecule has 0 amide bonds. The van der Waals surface area contributed by atoms with Crippen LogP contribution < -0.4 is 0 Å². The van der Waals surface area contributed by atoms with Crippen molar-refractivity contribution in [2.45, 2.75) is 19.6 Å². The van der Waals surface area contributed by atoms with Gasteiger partial charge in [-0.3, -0.25) is 9.42 Å². The van der Waals surface area contributed by atoms with Crippen LogP contribution in [0, 0.1) is 0 Å². The first-order chi connectivity index (χ1) is 4.87. The van der Waals surface area contributed by atoms with Crippen molar-refractivity contribution in [2.24, 2.45) is 0 Å². The van der Waals surface area contributed by atoms with Crippen LogP contribution in [-0.4, -0.2) is 35.0 Å². The Kier molecular flexibility index (Phi) is 4.21. The Hall–Kier alpha value is 0.0700. The van der Waals surface area contributed by atoms with Gasteiger partial charge in [-0.25, -0.2) is 4.57 Å². The Bertz CT molecular complexity index is 155. The minimum absolute atomic E-state index is 0.518. The van der Waals surface area contributed by atoms with Crippen molar-refractivity contribution in [2.75, 3.05) is 14.1 Å². The van der Waals surface area contributed by atoms with Gasteiger partial charge in [-0.2, -0.15) is 0 Å². The molecule has 5 nitrogen and oxygen atoms in total. The maximum Gasteiger partial charge on any atom is 0.471 e. The van der Waals surface area contributed by atoms with Crippen molar-refractivity contribution in [3.8, 4) is 0 Å². The van der Waals surface area contributed by atoms with Crippen LogP contribution in [0.15, 0.2) is 0 Å². The van der Waals surface area contributed by atoms with Crippen LogP contribution in [0.3, 0.4) is 0 Å². The lowest BCUT2D eigenvalue weighted by Gasteiger charge is -2.22. The van der Waals surface area contributed by atoms with Gasteiger partial charge >= 0.3 is 7.82 Å². The maximum absolute atomic E-state index is 10.4. The summed E-state index contributed by atoms with van der Waals surface area (Å²) in [5, 5.41) is 0. The predicted octanol–water partition coefficient (Wildman–Crippen LogP) is 0.393. The van der Waals surface area contributed by atoms with E-state index >= 15 is 0 Å². The number of hydrogen-bond donors (Lipinski definition) is 2. The summed E-state index contributed by atoms with van der Waals surface area (Å²) < 4.78 is 14.8. The van der Waals surface area contributed by atoms with Crippen LogP contribution in [0.5, 0.6) is 0 Å². The van der Waals surface area contributed by atoms with Gasteiger partial charge in [0.25, 0.3) is 0 Å². The van der Waals surface area contributed by atoms with Crippen LogP contribution in [0.25, 0.3) is 0 Å². The SMILES string of the molecule is CCC(OP(=O)(O)O)N(C)C. The van der Waals surface area contributed by atoms with E-state index in [0.29, 0.717) is 6.42 Å². The smallest absolute Gasteiger partial charge is 0.303 e. The van der Waals surface area contributed by atoms with Crippen LogP contribution in [0.1, 0.15) is 13.3 Å². The molecule has 1 atom stereocenters. The van der Waals surface area contributed by atoms with Gasteiger partial charge in [0.1, 0.15) is 6.23 Å². The summed E-state index contributed by atoms with van der Waals surface area (Å²) in [5.41, 5.74) is 0. The first-order valence-corrected chi connectivity index (χ1v) is 4.80. The summed E-state index contributed by atoms with van der Waals surface area (Å²) in [6, 6.07) is 0. The molecule has 0 aliphatic heterocycles. The Morgan fingerprint density at radius 1 is 1.55 bits per heavy atom. The lowest BCUT2D eigenvalue weighted by Crippen LogP contribution is -2.28. The summed E-state index contributed by atoms with van der Waals surface area (Å²) in [6.45, 7) is 1.79. The molecule has 0 aromatic carbocycles. The predicted molar refractivity (Wildman–Crippen MR) is 40.9 cm³/mol. The van der Waals surface area contributed by atoms with E-state index in [1.54, 1.807) is 25.9 Å². The highest BCUT2D eigenvalue weighted by Crippen LogP contribution is 2.38. The quantitative estimate of drug-likeness (QED) is 0.487. The molecule has 0 spiro atoms. The number of phosphoric ester groups is 1. The second-order valence-electron chi connectivity index (χ2n) is 2.42. The molecule has 0 fully saturated rings. The van der Waals surface area contributed by atoms with Gasteiger partial charge in [0.2, 0.25) is 0 Å². The Morgan fingerprint density at radius 2 is 2.00 bits per heavy atom. The molecule has 0 rings (SSSR count). The van der Waals surface area contributed by atoms with E-state index in [0.717, 1.165) is 0 Å². The average Bonchev–Trinajstić information content (AvgIpc) is 1.80. The summed E-state index contributed by atoms with van der Waals surface area (Å²) in [6.07, 6.45) is 0.0220. The zero-order valence-corrected chi connectivity index (χ0v) is 7.78. The molecule has 1 unspecified atom stereocenters. The fraction of sp³-hybridized carbons (Fsp3) is 1.00. The van der Waals surface area contributed by atoms with E-state index < -0.39 is 14.1 Å². The van der Waals surface area contributed by atoms with E-state index in [2.05, 4.69) is 4.52 Å². The number of hydrogen-bond acceptors (Lipinski definition) is 3. The largest absolute Gasteiger partial charge is 0.471 e. The highest BCUT2D eigenvalue weighted by molar-refractivity contribution is 7.46. The Morgan fingerprint density at radius 3 is 2.09 bits per heavy atom. The molecule has 0 bridgehead atoms. The summed E-state index contributed by atoms with van der Waals surface area (Å²) in [4.78, 5) is 18.5. The van der Waals surface area contributed by atoms with Crippen molar-refractivity contribution in [3.63, 3.8) is 0 Å². The topological polar surface area (TPSA) is 70.0 Å². The highest BCUT2D eigenvalue weighted by atomic mass is 31.2. The summed E-state index contributed by atoms with van der Waals surface area (Å²) in [5.74, 6) is 0. The van der Waals surface area contributed by atoms with Crippen LogP contribution in [0.4, 0.5) is 0 Å². The van der Waals surface area contributed by atoms with Gasteiger partial charge < -0.3 is 9.79 Å². The molecule has 0 radical (unpaired) electrons. The minimum atomic E-state index is -4.33. The van der Waals surface area contributed by atoms with E-state index in [1.165, 1.54) is 0 Å². The van der Waals surface area contributed by atoms with E-state index in [-0.39, 0.29) is 0 Å². The van der Waals surface area contributed by atoms with Gasteiger partial charge in [0.05, 0.1) is 0 Å². The molecule has 68 valence electrons. The third kappa shape index (κ3) is 5.35. The van der Waals surface area contributed by atoms with Crippen molar-refractivity contribution in [1.82, 2.24) is 4.90 Å². The minimum Gasteiger partial charge on any atom is -0.303 e. The van der Waals surface area contributed by atoms with Crippen LogP contribution in [0.2, 0.25) is 0 Å². The summed E-state index contributed by atoms with van der Waals surface area (Å²) in [7, 11) is -0.937. The molecule has 0 saturated heterocycles. The zero-order valence-electron chi connectivity index (χ0n) is 6.89. The Labute approximate surface area is 66.2 Å². The van der Waals surface area contributed by atoms with Gasteiger partial charge in [-0.15, -0.1) is 0 Å². The zero-order chi connectivity index (χ0) is 9.07. The number of nitrogens with zero attached hydrogens (tertiary/aromatic N) is 1. The second-order valence-corrected chi connectivity index (χ2v) is 3.61. The highest BCUT2D eigenvalue weighted by Gasteiger charge is 2.21. The second kappa shape index (κ2) is 4.18. The maximum atomic E-state index is 10.4. The monoisotopic (exact) mass is 183 g/mol. The van der Waals surface area contributed by atoms with Gasteiger partial charge in [0.15, 0.2) is 0 Å². The average molecular weight is 183 g/mol. The fourth-order valence-electron chi connectivity index (χ4n) is 0.692. The van der Waals surface area contributed by atoms with Crippen molar-refractivity contribution >= 4 is 7.82 Å². The molecular formula is C5H14NO4P. The number of phosphoric acid groups is 1. The lowest BCUT2D eigenvalue weighted by atomic mass is 10.4. The van der Waals surface area contributed by atoms with Crippen LogP contribution >= 0.6 is 7.82 Å². The van der Waals surface area contributed by atoms with Crippen molar-refractivity contribution in [3.05, 3.63) is 0 Å². The molecule has 0 saturated carbocycles. The molecule has 2 N–H and O–H groups in total. The van der Waals surface area contributed by atoms with Gasteiger partial charge in [-0.05, 0) is 20.5 Å². The van der Waals surface area contributed by atoms with Gasteiger partial charge in [0, 0.05) is 0 Å². The molecular weight excluding hydrogens is 169 g/mol. The van der Waals surface area contributed by atoms with E-state index in [4.69, 9.17) is 9.79 Å². The van der Waals surface area contributed by atoms with E-state index in [1.807, 2.05) is 0 Å². The third-order valence-electron chi connectivity index (χ3n) is 1.18. The van der Waals surface area contributed by atoms with Crippen molar-refractivity contribution in [1.29, 1.82) is 0 Å². The first kappa shape index (κ1) is 11.1. The van der Waals surface area contributed by atoms with Crippen molar-refractivity contribution < 1.29 is 18.9 Å². The van der Waals surface area contributed by atoms with Crippen LogP contribution in [-0.2, 0) is 9.09 Å². The normalized spacial score (nSPS) is 15.5. The molecule has 0 aromatic heterocycles. The fourth-order valence-corrected chi connectivity index (χ4v) is 1.35. The molecule has 0 heterocycles. The lowest BCUT2D eigenvalue weighted by molar-refractivity contribution is 0.0318. The Balaban J connectivity index is 3.99. The molecule has 0 aliphatic rings. The van der Waals surface area contributed by atoms with Gasteiger partial charge in [-0.1, -0.05) is 6.92 Å². The number of rotatable bonds is 4. The standard InChI is InChI=1S/C5H14NO4P/c1-4-5(6(2)3)10-11(7,8)9/h5H,4H2,1-3H3,(H2,7,8,9). The first-order valence-electron chi connectivity index (χ1n) is 3.27. The molecule has 0 aromatic rings.